The van der Waals surface area contributed by atoms with E-state index >= 15 is 0 Å². The summed E-state index contributed by atoms with van der Waals surface area (Å²) < 4.78 is 39.4. The minimum atomic E-state index is -4.87. The molecule has 5 heteroatoms. The van der Waals surface area contributed by atoms with Crippen LogP contribution in [-0.4, -0.2) is 12.3 Å². The van der Waals surface area contributed by atoms with Gasteiger partial charge in [-0.05, 0) is 18.3 Å². The second kappa shape index (κ2) is 3.39. The number of carbonyl (C=O) groups excluding carboxylic acids is 1. The van der Waals surface area contributed by atoms with Gasteiger partial charge in [0, 0.05) is 0 Å². The molecule has 0 aromatic carbocycles. The number of alkyl halides is 3. The molecule has 0 saturated heterocycles. The Morgan fingerprint density at radius 3 is 1.87 bits per heavy atom. The van der Waals surface area contributed by atoms with Crippen molar-refractivity contribution in [3.63, 3.8) is 0 Å². The average molecular weight is 224 g/mol. The zero-order chi connectivity index (χ0) is 11.9. The monoisotopic (exact) mass is 224 g/mol. The van der Waals surface area contributed by atoms with E-state index in [1.54, 1.807) is 20.8 Å². The molecule has 2 nitrogen and oxygen atoms in total. The van der Waals surface area contributed by atoms with Gasteiger partial charge in [0.1, 0.15) is 0 Å². The van der Waals surface area contributed by atoms with Crippen molar-refractivity contribution >= 4 is 5.97 Å². The molecule has 0 aliphatic heterocycles. The molecular formula is C10H15F3O2. The van der Waals surface area contributed by atoms with Crippen LogP contribution in [0, 0.1) is 10.8 Å². The third-order valence-corrected chi connectivity index (χ3v) is 3.24. The van der Waals surface area contributed by atoms with Gasteiger partial charge in [-0.1, -0.05) is 27.2 Å². The SMILES string of the molecule is CC(C)(C)C1(C(=O)OC(F)(F)F)CCC1. The highest BCUT2D eigenvalue weighted by Crippen LogP contribution is 2.55. The lowest BCUT2D eigenvalue weighted by Crippen LogP contribution is -2.50. The van der Waals surface area contributed by atoms with Gasteiger partial charge < -0.3 is 4.74 Å². The molecule has 1 fully saturated rings. The first-order valence-electron chi connectivity index (χ1n) is 4.89. The van der Waals surface area contributed by atoms with Crippen LogP contribution in [0.4, 0.5) is 13.2 Å². The standard InChI is InChI=1S/C10H15F3O2/c1-8(2,3)9(5-4-6-9)7(14)15-10(11,12)13/h4-6H2,1-3H3. The zero-order valence-electron chi connectivity index (χ0n) is 9.07. The van der Waals surface area contributed by atoms with Crippen LogP contribution in [0.3, 0.4) is 0 Å². The van der Waals surface area contributed by atoms with E-state index in [1.165, 1.54) is 0 Å². The Hall–Kier alpha value is -0.740. The number of hydrogen-bond acceptors (Lipinski definition) is 2. The maximum Gasteiger partial charge on any atom is 0.575 e. The van der Waals surface area contributed by atoms with Crippen LogP contribution in [0.25, 0.3) is 0 Å². The maximum atomic E-state index is 11.9. The molecule has 0 atom stereocenters. The first-order valence-corrected chi connectivity index (χ1v) is 4.89. The largest absolute Gasteiger partial charge is 0.575 e. The van der Waals surface area contributed by atoms with Crippen LogP contribution in [0.5, 0.6) is 0 Å². The topological polar surface area (TPSA) is 26.3 Å². The van der Waals surface area contributed by atoms with Crippen molar-refractivity contribution < 1.29 is 22.7 Å². The van der Waals surface area contributed by atoms with E-state index in [0.29, 0.717) is 12.8 Å². The highest BCUT2D eigenvalue weighted by Gasteiger charge is 2.56. The van der Waals surface area contributed by atoms with Gasteiger partial charge in [-0.25, -0.2) is 0 Å². The fraction of sp³-hybridized carbons (Fsp3) is 0.900. The fourth-order valence-electron chi connectivity index (χ4n) is 1.99. The predicted octanol–water partition coefficient (Wildman–Crippen LogP) is 3.27. The highest BCUT2D eigenvalue weighted by atomic mass is 19.4. The lowest BCUT2D eigenvalue weighted by atomic mass is 9.55. The molecule has 0 bridgehead atoms. The Kier molecular flexibility index (Phi) is 2.78. The summed E-state index contributed by atoms with van der Waals surface area (Å²) in [6.07, 6.45) is -3.13. The summed E-state index contributed by atoms with van der Waals surface area (Å²) in [7, 11) is 0. The highest BCUT2D eigenvalue weighted by molar-refractivity contribution is 5.79. The maximum absolute atomic E-state index is 11.9. The van der Waals surface area contributed by atoms with E-state index < -0.39 is 23.2 Å². The van der Waals surface area contributed by atoms with Crippen LogP contribution in [-0.2, 0) is 9.53 Å². The Bertz CT molecular complexity index is 259. The van der Waals surface area contributed by atoms with Crippen LogP contribution in [0.2, 0.25) is 0 Å². The summed E-state index contributed by atoms with van der Waals surface area (Å²) in [6.45, 7) is 5.30. The molecule has 0 unspecified atom stereocenters. The second-order valence-electron chi connectivity index (χ2n) is 5.02. The second-order valence-corrected chi connectivity index (χ2v) is 5.02. The van der Waals surface area contributed by atoms with E-state index in [1.807, 2.05) is 0 Å². The summed E-state index contributed by atoms with van der Waals surface area (Å²) in [5.41, 5.74) is -1.45. The van der Waals surface area contributed by atoms with Crippen LogP contribution < -0.4 is 0 Å². The summed E-state index contributed by atoms with van der Waals surface area (Å²) >= 11 is 0. The molecule has 0 aromatic heterocycles. The third-order valence-electron chi connectivity index (χ3n) is 3.24. The van der Waals surface area contributed by atoms with Gasteiger partial charge in [0.15, 0.2) is 0 Å². The van der Waals surface area contributed by atoms with Crippen molar-refractivity contribution in [3.05, 3.63) is 0 Å². The Balaban J connectivity index is 2.80. The van der Waals surface area contributed by atoms with Crippen LogP contribution >= 0.6 is 0 Å². The van der Waals surface area contributed by atoms with Gasteiger partial charge >= 0.3 is 12.3 Å². The van der Waals surface area contributed by atoms with Crippen LogP contribution in [0.15, 0.2) is 0 Å². The molecule has 0 amide bonds. The normalized spacial score (nSPS) is 20.7. The van der Waals surface area contributed by atoms with Crippen molar-refractivity contribution in [1.82, 2.24) is 0 Å². The summed E-state index contributed by atoms with van der Waals surface area (Å²) in [4.78, 5) is 11.5. The number of rotatable bonds is 1. The molecule has 1 rings (SSSR count). The predicted molar refractivity (Wildman–Crippen MR) is 47.9 cm³/mol. The van der Waals surface area contributed by atoms with E-state index in [9.17, 15) is 18.0 Å². The molecule has 88 valence electrons. The summed E-state index contributed by atoms with van der Waals surface area (Å²) in [5, 5.41) is 0. The number of esters is 1. The number of hydrogen-bond donors (Lipinski definition) is 0. The molecule has 15 heavy (non-hydrogen) atoms. The quantitative estimate of drug-likeness (QED) is 0.639. The van der Waals surface area contributed by atoms with Crippen molar-refractivity contribution in [3.8, 4) is 0 Å². The molecule has 0 N–H and O–H groups in total. The van der Waals surface area contributed by atoms with E-state index in [0.717, 1.165) is 6.42 Å². The van der Waals surface area contributed by atoms with Gasteiger partial charge in [-0.15, -0.1) is 13.2 Å². The molecule has 0 aromatic rings. The Morgan fingerprint density at radius 2 is 1.67 bits per heavy atom. The lowest BCUT2D eigenvalue weighted by molar-refractivity contribution is -0.315. The minimum Gasteiger partial charge on any atom is -0.372 e. The first kappa shape index (κ1) is 12.3. The molecule has 0 spiro atoms. The average Bonchev–Trinajstić information content (AvgIpc) is 1.72. The Labute approximate surface area is 86.8 Å². The lowest BCUT2D eigenvalue weighted by Gasteiger charge is -2.48. The van der Waals surface area contributed by atoms with Gasteiger partial charge in [0.25, 0.3) is 0 Å². The molecule has 0 heterocycles. The van der Waals surface area contributed by atoms with Gasteiger partial charge in [-0.2, -0.15) is 0 Å². The fourth-order valence-corrected chi connectivity index (χ4v) is 1.99. The van der Waals surface area contributed by atoms with Crippen molar-refractivity contribution in [2.75, 3.05) is 0 Å². The first-order chi connectivity index (χ1) is 6.58. The minimum absolute atomic E-state index is 0.478. The van der Waals surface area contributed by atoms with Crippen LogP contribution in [0.1, 0.15) is 40.0 Å². The molecule has 0 radical (unpaired) electrons. The van der Waals surface area contributed by atoms with E-state index in [4.69, 9.17) is 0 Å². The van der Waals surface area contributed by atoms with Crippen molar-refractivity contribution in [2.24, 2.45) is 10.8 Å². The number of carbonyl (C=O) groups is 1. The Morgan fingerprint density at radius 1 is 1.20 bits per heavy atom. The summed E-state index contributed by atoms with van der Waals surface area (Å²) in [6, 6.07) is 0. The van der Waals surface area contributed by atoms with Crippen molar-refractivity contribution in [1.29, 1.82) is 0 Å². The smallest absolute Gasteiger partial charge is 0.372 e. The molecular weight excluding hydrogens is 209 g/mol. The van der Waals surface area contributed by atoms with E-state index in [-0.39, 0.29) is 0 Å². The zero-order valence-corrected chi connectivity index (χ0v) is 9.07. The molecule has 1 aliphatic rings. The summed E-state index contributed by atoms with van der Waals surface area (Å²) in [5.74, 6) is -1.13. The van der Waals surface area contributed by atoms with Gasteiger partial charge in [-0.3, -0.25) is 4.79 Å². The number of halogens is 3. The number of ether oxygens (including phenoxy) is 1. The van der Waals surface area contributed by atoms with Gasteiger partial charge in [0.05, 0.1) is 5.41 Å². The van der Waals surface area contributed by atoms with E-state index in [2.05, 4.69) is 4.74 Å². The molecule has 1 saturated carbocycles. The molecule has 1 aliphatic carbocycles. The third kappa shape index (κ3) is 2.26. The van der Waals surface area contributed by atoms with Crippen molar-refractivity contribution in [2.45, 2.75) is 46.4 Å². The van der Waals surface area contributed by atoms with Gasteiger partial charge in [0.2, 0.25) is 0 Å².